The number of aromatic amines is 1. The van der Waals surface area contributed by atoms with Crippen LogP contribution in [0.3, 0.4) is 0 Å². The highest BCUT2D eigenvalue weighted by molar-refractivity contribution is 7.16. The van der Waals surface area contributed by atoms with E-state index in [1.54, 1.807) is 23.7 Å². The first-order valence-electron chi connectivity index (χ1n) is 9.29. The molecule has 0 radical (unpaired) electrons. The van der Waals surface area contributed by atoms with Crippen LogP contribution in [0.1, 0.15) is 22.1 Å². The van der Waals surface area contributed by atoms with Gasteiger partial charge < -0.3 is 10.2 Å². The lowest BCUT2D eigenvalue weighted by Crippen LogP contribution is -2.25. The second kappa shape index (κ2) is 7.21. The molecule has 4 aromatic heterocycles. The lowest BCUT2D eigenvalue weighted by atomic mass is 10.2. The second-order valence-electron chi connectivity index (χ2n) is 6.84. The fourth-order valence-electron chi connectivity index (χ4n) is 3.38. The van der Waals surface area contributed by atoms with Crippen molar-refractivity contribution in [2.75, 3.05) is 16.8 Å². The highest BCUT2D eigenvalue weighted by atomic mass is 32.1. The Labute approximate surface area is 171 Å². The van der Waals surface area contributed by atoms with Gasteiger partial charge in [-0.15, -0.1) is 11.3 Å². The molecule has 1 aliphatic rings. The Hall–Kier alpha value is -3.40. The van der Waals surface area contributed by atoms with Crippen LogP contribution in [0.5, 0.6) is 0 Å². The molecule has 146 valence electrons. The summed E-state index contributed by atoms with van der Waals surface area (Å²) in [6.45, 7) is 5.38. The molecule has 29 heavy (non-hydrogen) atoms. The van der Waals surface area contributed by atoms with Gasteiger partial charge in [0.1, 0.15) is 11.6 Å². The molecule has 0 amide bonds. The average Bonchev–Trinajstić information content (AvgIpc) is 3.29. The lowest BCUT2D eigenvalue weighted by Gasteiger charge is -2.21. The lowest BCUT2D eigenvalue weighted by molar-refractivity contribution is 0.754. The summed E-state index contributed by atoms with van der Waals surface area (Å²) in [5, 5.41) is 11.4. The number of hydrogen-bond donors (Lipinski definition) is 2. The van der Waals surface area contributed by atoms with Gasteiger partial charge in [0.15, 0.2) is 5.13 Å². The number of aryl methyl sites for hydroxylation is 2. The van der Waals surface area contributed by atoms with Crippen molar-refractivity contribution in [2.45, 2.75) is 26.8 Å². The van der Waals surface area contributed by atoms with Crippen molar-refractivity contribution in [2.24, 2.45) is 0 Å². The fraction of sp³-hybridized carbons (Fsp3) is 0.263. The molecule has 0 fully saturated rings. The molecule has 2 N–H and O–H groups in total. The zero-order chi connectivity index (χ0) is 19.8. The van der Waals surface area contributed by atoms with Crippen LogP contribution in [0.15, 0.2) is 30.7 Å². The van der Waals surface area contributed by atoms with Gasteiger partial charge in [-0.1, -0.05) is 0 Å². The maximum absolute atomic E-state index is 4.82. The van der Waals surface area contributed by atoms with Crippen LogP contribution in [0.2, 0.25) is 0 Å². The Morgan fingerprint density at radius 1 is 1.14 bits per heavy atom. The van der Waals surface area contributed by atoms with Gasteiger partial charge in [0, 0.05) is 35.9 Å². The van der Waals surface area contributed by atoms with Gasteiger partial charge in [0.25, 0.3) is 0 Å². The van der Waals surface area contributed by atoms with Crippen LogP contribution in [0.4, 0.5) is 16.9 Å². The van der Waals surface area contributed by atoms with Crippen LogP contribution < -0.4 is 10.2 Å². The molecule has 10 heteroatoms. The van der Waals surface area contributed by atoms with Crippen LogP contribution in [-0.2, 0) is 13.0 Å². The number of hydrogen-bond acceptors (Lipinski definition) is 9. The van der Waals surface area contributed by atoms with E-state index in [0.717, 1.165) is 52.4 Å². The van der Waals surface area contributed by atoms with Crippen LogP contribution in [-0.4, -0.2) is 41.7 Å². The molecule has 0 spiro atoms. The molecule has 4 aromatic rings. The third kappa shape index (κ3) is 3.54. The first kappa shape index (κ1) is 17.7. The molecule has 0 bridgehead atoms. The maximum atomic E-state index is 4.82. The largest absolute Gasteiger partial charge is 0.350 e. The Bertz CT molecular complexity index is 1170. The number of nitrogens with one attached hydrogen (secondary N) is 2. The van der Waals surface area contributed by atoms with E-state index in [1.165, 1.54) is 4.88 Å². The second-order valence-corrected chi connectivity index (χ2v) is 7.92. The SMILES string of the molecule is Cc1ccnc(Nc2nc3c(s2)CCN(Cc2ccnc(C)n2)c2[nH]ncc2-3)n1. The van der Waals surface area contributed by atoms with E-state index in [9.17, 15) is 0 Å². The highest BCUT2D eigenvalue weighted by Gasteiger charge is 2.25. The molecule has 5 heterocycles. The van der Waals surface area contributed by atoms with Crippen molar-refractivity contribution in [3.63, 3.8) is 0 Å². The molecule has 0 unspecified atom stereocenters. The van der Waals surface area contributed by atoms with Crippen molar-refractivity contribution in [3.05, 3.63) is 52.8 Å². The molecule has 9 nitrogen and oxygen atoms in total. The van der Waals surface area contributed by atoms with E-state index in [-0.39, 0.29) is 0 Å². The van der Waals surface area contributed by atoms with Gasteiger partial charge in [-0.25, -0.2) is 24.9 Å². The Balaban J connectivity index is 1.44. The monoisotopic (exact) mass is 405 g/mol. The molecule has 0 saturated heterocycles. The van der Waals surface area contributed by atoms with Crippen molar-refractivity contribution in [1.29, 1.82) is 0 Å². The minimum absolute atomic E-state index is 0.557. The number of anilines is 3. The molecular formula is C19H19N9S. The van der Waals surface area contributed by atoms with Gasteiger partial charge in [0.05, 0.1) is 29.7 Å². The topological polar surface area (TPSA) is 108 Å². The maximum Gasteiger partial charge on any atom is 0.229 e. The molecule has 0 saturated carbocycles. The van der Waals surface area contributed by atoms with Crippen molar-refractivity contribution in [1.82, 2.24) is 35.1 Å². The predicted molar refractivity (Wildman–Crippen MR) is 111 cm³/mol. The van der Waals surface area contributed by atoms with E-state index in [2.05, 4.69) is 40.3 Å². The third-order valence-corrected chi connectivity index (χ3v) is 5.73. The zero-order valence-electron chi connectivity index (χ0n) is 16.0. The van der Waals surface area contributed by atoms with E-state index < -0.39 is 0 Å². The molecule has 0 aliphatic carbocycles. The van der Waals surface area contributed by atoms with E-state index in [0.29, 0.717) is 12.5 Å². The van der Waals surface area contributed by atoms with Gasteiger partial charge in [-0.3, -0.25) is 5.10 Å². The van der Waals surface area contributed by atoms with E-state index in [4.69, 9.17) is 4.98 Å². The number of nitrogens with zero attached hydrogens (tertiary/aromatic N) is 7. The molecule has 5 rings (SSSR count). The minimum atomic E-state index is 0.557. The first-order chi connectivity index (χ1) is 14.2. The summed E-state index contributed by atoms with van der Waals surface area (Å²) < 4.78 is 0. The Kier molecular flexibility index (Phi) is 4.39. The smallest absolute Gasteiger partial charge is 0.229 e. The van der Waals surface area contributed by atoms with Gasteiger partial charge >= 0.3 is 0 Å². The van der Waals surface area contributed by atoms with E-state index in [1.807, 2.05) is 32.2 Å². The number of rotatable bonds is 4. The molecular weight excluding hydrogens is 386 g/mol. The number of H-pyrrole nitrogens is 1. The standard InChI is InChI=1S/C19H19N9S/c1-11-3-6-21-18(23-11)26-19-25-16-14-9-22-27-17(14)28(8-5-15(16)29-19)10-13-4-7-20-12(2)24-13/h3-4,6-7,9H,5,8,10H2,1-2H3,(H,22,27)(H,21,23,25,26). The number of fused-ring (bicyclic) bond motifs is 3. The van der Waals surface area contributed by atoms with E-state index >= 15 is 0 Å². The molecule has 0 atom stereocenters. The summed E-state index contributed by atoms with van der Waals surface area (Å²) in [4.78, 5) is 25.7. The quantitative estimate of drug-likeness (QED) is 0.533. The summed E-state index contributed by atoms with van der Waals surface area (Å²) in [5.74, 6) is 2.29. The fourth-order valence-corrected chi connectivity index (χ4v) is 4.34. The Morgan fingerprint density at radius 3 is 2.90 bits per heavy atom. The van der Waals surface area contributed by atoms with Crippen LogP contribution in [0.25, 0.3) is 11.3 Å². The Morgan fingerprint density at radius 2 is 2.03 bits per heavy atom. The average molecular weight is 405 g/mol. The molecule has 0 aromatic carbocycles. The highest BCUT2D eigenvalue weighted by Crippen LogP contribution is 2.39. The van der Waals surface area contributed by atoms with Gasteiger partial charge in [-0.05, 0) is 26.0 Å². The van der Waals surface area contributed by atoms with Crippen molar-refractivity contribution < 1.29 is 0 Å². The number of thiazole rings is 1. The third-order valence-electron chi connectivity index (χ3n) is 4.70. The summed E-state index contributed by atoms with van der Waals surface area (Å²) in [6, 6.07) is 3.82. The summed E-state index contributed by atoms with van der Waals surface area (Å²) in [7, 11) is 0. The van der Waals surface area contributed by atoms with Crippen molar-refractivity contribution >= 4 is 28.2 Å². The normalized spacial score (nSPS) is 13.0. The summed E-state index contributed by atoms with van der Waals surface area (Å²) in [6.07, 6.45) is 6.26. The summed E-state index contributed by atoms with van der Waals surface area (Å²) >= 11 is 1.63. The van der Waals surface area contributed by atoms with Crippen molar-refractivity contribution in [3.8, 4) is 11.3 Å². The van der Waals surface area contributed by atoms with Crippen LogP contribution in [0, 0.1) is 13.8 Å². The predicted octanol–water partition coefficient (Wildman–Crippen LogP) is 3.04. The number of aromatic nitrogens is 7. The molecule has 1 aliphatic heterocycles. The van der Waals surface area contributed by atoms with Gasteiger partial charge in [-0.2, -0.15) is 5.10 Å². The zero-order valence-corrected chi connectivity index (χ0v) is 16.9. The van der Waals surface area contributed by atoms with Gasteiger partial charge in [0.2, 0.25) is 5.95 Å². The van der Waals surface area contributed by atoms with Crippen LogP contribution >= 0.6 is 11.3 Å². The minimum Gasteiger partial charge on any atom is -0.350 e. The first-order valence-corrected chi connectivity index (χ1v) is 10.1. The summed E-state index contributed by atoms with van der Waals surface area (Å²) in [5.41, 5.74) is 3.84.